The molecule has 0 aromatic heterocycles. The molecule has 2 N–H and O–H groups in total. The molecule has 18 heavy (non-hydrogen) atoms. The third kappa shape index (κ3) is 7.11. The van der Waals surface area contributed by atoms with E-state index in [4.69, 9.17) is 5.11 Å². The molecule has 0 rings (SSSR count). The molecule has 1 atom stereocenters. The van der Waals surface area contributed by atoms with Gasteiger partial charge >= 0.3 is 12.0 Å². The van der Waals surface area contributed by atoms with Crippen molar-refractivity contribution in [3.63, 3.8) is 0 Å². The van der Waals surface area contributed by atoms with E-state index in [2.05, 4.69) is 24.1 Å². The van der Waals surface area contributed by atoms with Gasteiger partial charge in [-0.15, -0.1) is 0 Å². The van der Waals surface area contributed by atoms with Crippen molar-refractivity contribution in [2.75, 3.05) is 33.7 Å². The van der Waals surface area contributed by atoms with Crippen molar-refractivity contribution in [3.05, 3.63) is 0 Å². The largest absolute Gasteiger partial charge is 0.481 e. The van der Waals surface area contributed by atoms with E-state index in [-0.39, 0.29) is 19.0 Å². The van der Waals surface area contributed by atoms with Crippen molar-refractivity contribution < 1.29 is 14.7 Å². The van der Waals surface area contributed by atoms with Gasteiger partial charge in [-0.2, -0.15) is 0 Å². The van der Waals surface area contributed by atoms with Gasteiger partial charge in [0.2, 0.25) is 0 Å². The van der Waals surface area contributed by atoms with Gasteiger partial charge in [0.25, 0.3) is 0 Å². The molecule has 106 valence electrons. The van der Waals surface area contributed by atoms with E-state index in [0.717, 1.165) is 13.0 Å². The highest BCUT2D eigenvalue weighted by Crippen LogP contribution is 1.98. The molecule has 1 unspecified atom stereocenters. The molecule has 0 aliphatic rings. The zero-order chi connectivity index (χ0) is 14.1. The third-order valence-corrected chi connectivity index (χ3v) is 3.09. The summed E-state index contributed by atoms with van der Waals surface area (Å²) >= 11 is 0. The van der Waals surface area contributed by atoms with Gasteiger partial charge in [0, 0.05) is 32.7 Å². The molecule has 0 radical (unpaired) electrons. The standard InChI is InChI=1S/C12H25N3O3/c1-5-10(2)14(3)9-7-13-12(18)15(4)8-6-11(16)17/h10H,5-9H2,1-4H3,(H,13,18)(H,16,17). The predicted octanol–water partition coefficient (Wildman–Crippen LogP) is 0.833. The first-order chi connectivity index (χ1) is 8.38. The van der Waals surface area contributed by atoms with Crippen LogP contribution in [0.4, 0.5) is 4.79 Å². The van der Waals surface area contributed by atoms with Crippen LogP contribution in [-0.4, -0.2) is 66.7 Å². The van der Waals surface area contributed by atoms with E-state index in [1.165, 1.54) is 4.90 Å². The average Bonchev–Trinajstić information content (AvgIpc) is 2.34. The van der Waals surface area contributed by atoms with Crippen LogP contribution in [0.15, 0.2) is 0 Å². The number of amides is 2. The van der Waals surface area contributed by atoms with Gasteiger partial charge in [-0.05, 0) is 20.4 Å². The van der Waals surface area contributed by atoms with Gasteiger partial charge < -0.3 is 20.2 Å². The van der Waals surface area contributed by atoms with Gasteiger partial charge in [-0.1, -0.05) is 6.92 Å². The third-order valence-electron chi connectivity index (χ3n) is 3.09. The fourth-order valence-electron chi connectivity index (χ4n) is 1.37. The lowest BCUT2D eigenvalue weighted by Crippen LogP contribution is -2.42. The summed E-state index contributed by atoms with van der Waals surface area (Å²) in [6, 6.07) is 0.264. The molecule has 6 heteroatoms. The van der Waals surface area contributed by atoms with Gasteiger partial charge in [0.1, 0.15) is 0 Å². The summed E-state index contributed by atoms with van der Waals surface area (Å²) in [5.41, 5.74) is 0. The van der Waals surface area contributed by atoms with Crippen LogP contribution in [0.25, 0.3) is 0 Å². The molecule has 6 nitrogen and oxygen atoms in total. The summed E-state index contributed by atoms with van der Waals surface area (Å²) in [6.07, 6.45) is 1.04. The first-order valence-corrected chi connectivity index (χ1v) is 6.29. The molecule has 0 aromatic carbocycles. The fourth-order valence-corrected chi connectivity index (χ4v) is 1.37. The van der Waals surface area contributed by atoms with Crippen LogP contribution in [0.1, 0.15) is 26.7 Å². The van der Waals surface area contributed by atoms with Crippen molar-refractivity contribution in [2.24, 2.45) is 0 Å². The van der Waals surface area contributed by atoms with Gasteiger partial charge in [0.15, 0.2) is 0 Å². The Morgan fingerprint density at radius 2 is 1.89 bits per heavy atom. The maximum Gasteiger partial charge on any atom is 0.317 e. The lowest BCUT2D eigenvalue weighted by atomic mass is 10.2. The first kappa shape index (κ1) is 16.7. The van der Waals surface area contributed by atoms with E-state index in [0.29, 0.717) is 12.6 Å². The molecule has 2 amide bonds. The Hall–Kier alpha value is -1.30. The number of nitrogens with one attached hydrogen (secondary N) is 1. The average molecular weight is 259 g/mol. The smallest absolute Gasteiger partial charge is 0.317 e. The Labute approximate surface area is 109 Å². The minimum Gasteiger partial charge on any atom is -0.481 e. The number of rotatable bonds is 8. The maximum absolute atomic E-state index is 11.6. The van der Waals surface area contributed by atoms with E-state index in [1.807, 2.05) is 7.05 Å². The molecule has 0 aliphatic carbocycles. The van der Waals surface area contributed by atoms with Crippen LogP contribution >= 0.6 is 0 Å². The second-order valence-corrected chi connectivity index (χ2v) is 4.54. The number of aliphatic carboxylic acids is 1. The summed E-state index contributed by atoms with van der Waals surface area (Å²) in [5.74, 6) is -0.897. The SMILES string of the molecule is CCC(C)N(C)CCNC(=O)N(C)CCC(=O)O. The Morgan fingerprint density at radius 3 is 2.39 bits per heavy atom. The Morgan fingerprint density at radius 1 is 1.28 bits per heavy atom. The highest BCUT2D eigenvalue weighted by Gasteiger charge is 2.10. The molecule has 0 spiro atoms. The van der Waals surface area contributed by atoms with Crippen LogP contribution < -0.4 is 5.32 Å². The molecule has 0 bridgehead atoms. The highest BCUT2D eigenvalue weighted by molar-refractivity contribution is 5.74. The summed E-state index contributed by atoms with van der Waals surface area (Å²) in [5, 5.41) is 11.3. The zero-order valence-corrected chi connectivity index (χ0v) is 11.8. The number of carboxylic acid groups (broad SMARTS) is 1. The molecule has 0 saturated heterocycles. The van der Waals surface area contributed by atoms with E-state index < -0.39 is 5.97 Å². The molecule has 0 aromatic rings. The minimum absolute atomic E-state index is 0.0311. The number of carboxylic acids is 1. The number of likely N-dealkylation sites (N-methyl/N-ethyl adjacent to an activating group) is 1. The number of urea groups is 1. The van der Waals surface area contributed by atoms with Crippen molar-refractivity contribution in [1.82, 2.24) is 15.1 Å². The number of hydrogen-bond donors (Lipinski definition) is 2. The second-order valence-electron chi connectivity index (χ2n) is 4.54. The number of hydrogen-bond acceptors (Lipinski definition) is 3. The fraction of sp³-hybridized carbons (Fsp3) is 0.833. The summed E-state index contributed by atoms with van der Waals surface area (Å²) < 4.78 is 0. The Balaban J connectivity index is 3.79. The van der Waals surface area contributed by atoms with Crippen molar-refractivity contribution in [2.45, 2.75) is 32.7 Å². The molecule has 0 fully saturated rings. The first-order valence-electron chi connectivity index (χ1n) is 6.29. The number of carbonyl (C=O) groups is 2. The van der Waals surface area contributed by atoms with Gasteiger partial charge in [-0.25, -0.2) is 4.79 Å². The second kappa shape index (κ2) is 8.74. The van der Waals surface area contributed by atoms with Crippen LogP contribution in [0.5, 0.6) is 0 Å². The van der Waals surface area contributed by atoms with Gasteiger partial charge in [0.05, 0.1) is 6.42 Å². The monoisotopic (exact) mass is 259 g/mol. The lowest BCUT2D eigenvalue weighted by molar-refractivity contribution is -0.137. The Kier molecular flexibility index (Phi) is 8.11. The maximum atomic E-state index is 11.6. The molecule has 0 aliphatic heterocycles. The van der Waals surface area contributed by atoms with Crippen LogP contribution in [-0.2, 0) is 4.79 Å². The molecular formula is C12H25N3O3. The van der Waals surface area contributed by atoms with Crippen LogP contribution in [0.3, 0.4) is 0 Å². The van der Waals surface area contributed by atoms with Crippen molar-refractivity contribution in [1.29, 1.82) is 0 Å². The van der Waals surface area contributed by atoms with E-state index in [1.54, 1.807) is 7.05 Å². The quantitative estimate of drug-likeness (QED) is 0.677. The normalized spacial score (nSPS) is 12.3. The summed E-state index contributed by atoms with van der Waals surface area (Å²) in [7, 11) is 3.62. The number of nitrogens with zero attached hydrogens (tertiary/aromatic N) is 2. The highest BCUT2D eigenvalue weighted by atomic mass is 16.4. The van der Waals surface area contributed by atoms with Crippen LogP contribution in [0, 0.1) is 0 Å². The van der Waals surface area contributed by atoms with Crippen molar-refractivity contribution in [3.8, 4) is 0 Å². The number of carbonyl (C=O) groups excluding carboxylic acids is 1. The Bertz CT molecular complexity index is 271. The van der Waals surface area contributed by atoms with Crippen LogP contribution in [0.2, 0.25) is 0 Å². The van der Waals surface area contributed by atoms with E-state index >= 15 is 0 Å². The van der Waals surface area contributed by atoms with Gasteiger partial charge in [-0.3, -0.25) is 4.79 Å². The molecular weight excluding hydrogens is 234 g/mol. The lowest BCUT2D eigenvalue weighted by Gasteiger charge is -2.24. The van der Waals surface area contributed by atoms with Crippen molar-refractivity contribution >= 4 is 12.0 Å². The summed E-state index contributed by atoms with van der Waals surface area (Å²) in [4.78, 5) is 25.5. The topological polar surface area (TPSA) is 72.9 Å². The summed E-state index contributed by atoms with van der Waals surface area (Å²) in [6.45, 7) is 5.84. The molecule has 0 saturated carbocycles. The predicted molar refractivity (Wildman–Crippen MR) is 70.7 cm³/mol. The minimum atomic E-state index is -0.897. The zero-order valence-electron chi connectivity index (χ0n) is 11.8. The van der Waals surface area contributed by atoms with E-state index in [9.17, 15) is 9.59 Å². The molecule has 0 heterocycles.